The van der Waals surface area contributed by atoms with Crippen LogP contribution >= 0.6 is 0 Å². The van der Waals surface area contributed by atoms with Gasteiger partial charge in [0.2, 0.25) is 5.91 Å². The first-order chi connectivity index (χ1) is 14.6. The van der Waals surface area contributed by atoms with E-state index in [0.29, 0.717) is 19.7 Å². The van der Waals surface area contributed by atoms with Crippen molar-refractivity contribution >= 4 is 5.91 Å². The van der Waals surface area contributed by atoms with E-state index < -0.39 is 5.60 Å². The Labute approximate surface area is 175 Å². The number of piperidine rings is 1. The fourth-order valence-electron chi connectivity index (χ4n) is 4.42. The molecule has 30 heavy (non-hydrogen) atoms. The highest BCUT2D eigenvalue weighted by Crippen LogP contribution is 2.40. The van der Waals surface area contributed by atoms with E-state index in [1.165, 1.54) is 0 Å². The second-order valence-corrected chi connectivity index (χ2v) is 8.06. The number of hydrogen-bond donors (Lipinski definition) is 0. The molecule has 0 saturated carbocycles. The van der Waals surface area contributed by atoms with Crippen molar-refractivity contribution in [2.24, 2.45) is 0 Å². The second-order valence-electron chi connectivity index (χ2n) is 8.06. The van der Waals surface area contributed by atoms with Crippen LogP contribution < -0.4 is 0 Å². The predicted molar refractivity (Wildman–Crippen MR) is 112 cm³/mol. The van der Waals surface area contributed by atoms with Gasteiger partial charge in [0.15, 0.2) is 5.82 Å². The Bertz CT molecular complexity index is 1050. The molecule has 1 amide bonds. The molecule has 1 fully saturated rings. The SMILES string of the molecule is Cc1ccn(CC(=O)N2CCC3(CC2)OCCc2cnc(-c4ccccc4)nc23)n1. The highest BCUT2D eigenvalue weighted by atomic mass is 16.5. The quantitative estimate of drug-likeness (QED) is 0.672. The van der Waals surface area contributed by atoms with Gasteiger partial charge in [-0.25, -0.2) is 9.97 Å². The lowest BCUT2D eigenvalue weighted by molar-refractivity contribution is -0.142. The van der Waals surface area contributed by atoms with Crippen LogP contribution in [0.3, 0.4) is 0 Å². The average molecular weight is 403 g/mol. The minimum Gasteiger partial charge on any atom is -0.368 e. The van der Waals surface area contributed by atoms with Gasteiger partial charge in [-0.1, -0.05) is 30.3 Å². The molecule has 0 aliphatic carbocycles. The molecule has 2 aliphatic rings. The van der Waals surface area contributed by atoms with Crippen LogP contribution in [-0.2, 0) is 28.1 Å². The fraction of sp³-hybridized carbons (Fsp3) is 0.391. The molecule has 0 radical (unpaired) electrons. The van der Waals surface area contributed by atoms with E-state index in [1.807, 2.05) is 60.6 Å². The van der Waals surface area contributed by atoms with Crippen LogP contribution in [0.25, 0.3) is 11.4 Å². The molecule has 7 nitrogen and oxygen atoms in total. The lowest BCUT2D eigenvalue weighted by atomic mass is 9.83. The fourth-order valence-corrected chi connectivity index (χ4v) is 4.42. The summed E-state index contributed by atoms with van der Waals surface area (Å²) in [7, 11) is 0. The Morgan fingerprint density at radius 2 is 1.97 bits per heavy atom. The van der Waals surface area contributed by atoms with E-state index in [1.54, 1.807) is 4.68 Å². The molecular weight excluding hydrogens is 378 g/mol. The third kappa shape index (κ3) is 3.50. The molecule has 4 heterocycles. The zero-order valence-corrected chi connectivity index (χ0v) is 17.1. The number of benzene rings is 1. The standard InChI is InChI=1S/C23H25N5O2/c1-17-7-11-28(26-17)16-20(29)27-12-9-23(10-13-27)21-19(8-14-30-23)15-24-22(25-21)18-5-3-2-4-6-18/h2-7,11,15H,8-10,12-14,16H2,1H3. The number of carbonyl (C=O) groups excluding carboxylic acids is 1. The van der Waals surface area contributed by atoms with Crippen LogP contribution in [0.5, 0.6) is 0 Å². The summed E-state index contributed by atoms with van der Waals surface area (Å²) in [6.45, 7) is 4.18. The molecule has 1 aromatic carbocycles. The summed E-state index contributed by atoms with van der Waals surface area (Å²) in [6, 6.07) is 11.9. The predicted octanol–water partition coefficient (Wildman–Crippen LogP) is 2.74. The molecule has 5 rings (SSSR count). The summed E-state index contributed by atoms with van der Waals surface area (Å²) >= 11 is 0. The van der Waals surface area contributed by atoms with Crippen LogP contribution in [0.4, 0.5) is 0 Å². The van der Waals surface area contributed by atoms with Crippen LogP contribution in [0.2, 0.25) is 0 Å². The van der Waals surface area contributed by atoms with Crippen LogP contribution in [-0.4, -0.2) is 50.3 Å². The summed E-state index contributed by atoms with van der Waals surface area (Å²) in [5, 5.41) is 4.32. The summed E-state index contributed by atoms with van der Waals surface area (Å²) in [5.41, 5.74) is 3.65. The minimum absolute atomic E-state index is 0.0941. The minimum atomic E-state index is -0.431. The maximum atomic E-state index is 12.7. The largest absolute Gasteiger partial charge is 0.368 e. The number of amides is 1. The third-order valence-electron chi connectivity index (χ3n) is 6.07. The molecule has 2 aliphatic heterocycles. The van der Waals surface area contributed by atoms with E-state index in [2.05, 4.69) is 10.1 Å². The maximum Gasteiger partial charge on any atom is 0.244 e. The van der Waals surface area contributed by atoms with Crippen LogP contribution in [0.15, 0.2) is 48.8 Å². The Hall–Kier alpha value is -3.06. The Morgan fingerprint density at radius 1 is 1.17 bits per heavy atom. The monoisotopic (exact) mass is 403 g/mol. The van der Waals surface area contributed by atoms with Gasteiger partial charge in [0.1, 0.15) is 12.1 Å². The molecular formula is C23H25N5O2. The van der Waals surface area contributed by atoms with Gasteiger partial charge in [-0.15, -0.1) is 0 Å². The number of ether oxygens (including phenoxy) is 1. The van der Waals surface area contributed by atoms with Gasteiger partial charge in [0.25, 0.3) is 0 Å². The second kappa shape index (κ2) is 7.65. The zero-order valence-electron chi connectivity index (χ0n) is 17.1. The van der Waals surface area contributed by atoms with Crippen molar-refractivity contribution in [2.45, 2.75) is 38.3 Å². The molecule has 7 heteroatoms. The molecule has 0 unspecified atom stereocenters. The van der Waals surface area contributed by atoms with Gasteiger partial charge >= 0.3 is 0 Å². The van der Waals surface area contributed by atoms with Gasteiger partial charge < -0.3 is 9.64 Å². The van der Waals surface area contributed by atoms with Crippen molar-refractivity contribution in [3.63, 3.8) is 0 Å². The van der Waals surface area contributed by atoms with Crippen molar-refractivity contribution in [3.05, 3.63) is 65.7 Å². The molecule has 154 valence electrons. The van der Waals surface area contributed by atoms with E-state index >= 15 is 0 Å². The molecule has 1 saturated heterocycles. The zero-order chi connectivity index (χ0) is 20.6. The molecule has 2 aromatic heterocycles. The first kappa shape index (κ1) is 18.9. The third-order valence-corrected chi connectivity index (χ3v) is 6.07. The number of likely N-dealkylation sites (tertiary alicyclic amines) is 1. The first-order valence-corrected chi connectivity index (χ1v) is 10.5. The Kier molecular flexibility index (Phi) is 4.83. The van der Waals surface area contributed by atoms with Crippen molar-refractivity contribution in [2.75, 3.05) is 19.7 Å². The smallest absolute Gasteiger partial charge is 0.244 e. The number of fused-ring (bicyclic) bond motifs is 2. The number of carbonyl (C=O) groups is 1. The summed E-state index contributed by atoms with van der Waals surface area (Å²) in [5.74, 6) is 0.823. The lowest BCUT2D eigenvalue weighted by Crippen LogP contribution is -2.49. The van der Waals surface area contributed by atoms with Gasteiger partial charge in [0.05, 0.1) is 18.0 Å². The van der Waals surface area contributed by atoms with Crippen LogP contribution in [0, 0.1) is 6.92 Å². The van der Waals surface area contributed by atoms with E-state index in [0.717, 1.165) is 47.6 Å². The topological polar surface area (TPSA) is 73.1 Å². The van der Waals surface area contributed by atoms with Crippen molar-refractivity contribution < 1.29 is 9.53 Å². The van der Waals surface area contributed by atoms with E-state index in [9.17, 15) is 4.79 Å². The number of rotatable bonds is 3. The highest BCUT2D eigenvalue weighted by molar-refractivity contribution is 5.76. The van der Waals surface area contributed by atoms with Crippen molar-refractivity contribution in [3.8, 4) is 11.4 Å². The summed E-state index contributed by atoms with van der Waals surface area (Å²) in [4.78, 5) is 24.2. The van der Waals surface area contributed by atoms with Crippen LogP contribution in [0.1, 0.15) is 29.8 Å². The van der Waals surface area contributed by atoms with Gasteiger partial charge in [-0.2, -0.15) is 5.10 Å². The number of hydrogen-bond acceptors (Lipinski definition) is 5. The molecule has 3 aromatic rings. The normalized spacial score (nSPS) is 17.7. The van der Waals surface area contributed by atoms with Crippen molar-refractivity contribution in [1.82, 2.24) is 24.6 Å². The molecule has 0 bridgehead atoms. The Morgan fingerprint density at radius 3 is 2.70 bits per heavy atom. The molecule has 1 spiro atoms. The van der Waals surface area contributed by atoms with E-state index in [4.69, 9.17) is 9.72 Å². The highest BCUT2D eigenvalue weighted by Gasteiger charge is 2.43. The average Bonchev–Trinajstić information content (AvgIpc) is 3.19. The van der Waals surface area contributed by atoms with Crippen molar-refractivity contribution in [1.29, 1.82) is 0 Å². The number of aromatic nitrogens is 4. The number of aryl methyl sites for hydroxylation is 1. The number of nitrogens with zero attached hydrogens (tertiary/aromatic N) is 5. The van der Waals surface area contributed by atoms with E-state index in [-0.39, 0.29) is 12.5 Å². The van der Waals surface area contributed by atoms with Gasteiger partial charge in [0, 0.05) is 31.0 Å². The van der Waals surface area contributed by atoms with Gasteiger partial charge in [-0.05, 0) is 37.8 Å². The van der Waals surface area contributed by atoms with Gasteiger partial charge in [-0.3, -0.25) is 9.48 Å². The summed E-state index contributed by atoms with van der Waals surface area (Å²) < 4.78 is 8.03. The maximum absolute atomic E-state index is 12.7. The Balaban J connectivity index is 1.35. The summed E-state index contributed by atoms with van der Waals surface area (Å²) in [6.07, 6.45) is 6.12. The lowest BCUT2D eigenvalue weighted by Gasteiger charge is -2.44. The first-order valence-electron chi connectivity index (χ1n) is 10.5. The molecule has 0 atom stereocenters. The molecule has 0 N–H and O–H groups in total.